The van der Waals surface area contributed by atoms with Crippen molar-refractivity contribution in [1.82, 2.24) is 5.32 Å². The Morgan fingerprint density at radius 1 is 1.06 bits per heavy atom. The standard InChI is InChI=1S/C15H25NO2/c1-5-6-7-8-15(16-2)12-9-13(17-3)11-14(10-12)18-4/h9-11,15-16H,5-8H2,1-4H3. The predicted octanol–water partition coefficient (Wildman–Crippen LogP) is 3.54. The maximum atomic E-state index is 5.31. The highest BCUT2D eigenvalue weighted by Crippen LogP contribution is 2.28. The van der Waals surface area contributed by atoms with E-state index >= 15 is 0 Å². The van der Waals surface area contributed by atoms with Gasteiger partial charge in [-0.05, 0) is 31.2 Å². The van der Waals surface area contributed by atoms with E-state index in [9.17, 15) is 0 Å². The van der Waals surface area contributed by atoms with E-state index < -0.39 is 0 Å². The zero-order chi connectivity index (χ0) is 13.4. The molecule has 0 bridgehead atoms. The van der Waals surface area contributed by atoms with Crippen molar-refractivity contribution in [3.05, 3.63) is 23.8 Å². The maximum absolute atomic E-state index is 5.31. The number of methoxy groups -OCH3 is 2. The van der Waals surface area contributed by atoms with E-state index in [0.717, 1.165) is 17.9 Å². The summed E-state index contributed by atoms with van der Waals surface area (Å²) in [4.78, 5) is 0. The maximum Gasteiger partial charge on any atom is 0.122 e. The molecule has 3 heteroatoms. The summed E-state index contributed by atoms with van der Waals surface area (Å²) in [7, 11) is 5.37. The van der Waals surface area contributed by atoms with Crippen molar-refractivity contribution in [2.24, 2.45) is 0 Å². The van der Waals surface area contributed by atoms with E-state index in [2.05, 4.69) is 24.4 Å². The Morgan fingerprint density at radius 3 is 2.11 bits per heavy atom. The summed E-state index contributed by atoms with van der Waals surface area (Å²) in [6.45, 7) is 2.23. The fourth-order valence-corrected chi connectivity index (χ4v) is 2.11. The number of ether oxygens (including phenoxy) is 2. The first-order valence-electron chi connectivity index (χ1n) is 6.65. The van der Waals surface area contributed by atoms with Crippen LogP contribution in [0.2, 0.25) is 0 Å². The number of hydrogen-bond acceptors (Lipinski definition) is 3. The van der Waals surface area contributed by atoms with Crippen LogP contribution in [0.15, 0.2) is 18.2 Å². The molecule has 0 aromatic heterocycles. The minimum absolute atomic E-state index is 0.362. The van der Waals surface area contributed by atoms with Gasteiger partial charge in [0.25, 0.3) is 0 Å². The van der Waals surface area contributed by atoms with Gasteiger partial charge in [0.2, 0.25) is 0 Å². The van der Waals surface area contributed by atoms with Crippen molar-refractivity contribution in [1.29, 1.82) is 0 Å². The molecule has 0 radical (unpaired) electrons. The fourth-order valence-electron chi connectivity index (χ4n) is 2.11. The Morgan fingerprint density at radius 2 is 1.67 bits per heavy atom. The highest BCUT2D eigenvalue weighted by atomic mass is 16.5. The number of nitrogens with one attached hydrogen (secondary N) is 1. The molecule has 3 nitrogen and oxygen atoms in total. The average molecular weight is 251 g/mol. The van der Waals surface area contributed by atoms with Gasteiger partial charge in [-0.1, -0.05) is 26.2 Å². The van der Waals surface area contributed by atoms with Crippen molar-refractivity contribution in [2.45, 2.75) is 38.6 Å². The molecule has 0 fully saturated rings. The number of unbranched alkanes of at least 4 members (excludes halogenated alkanes) is 2. The molecule has 0 saturated heterocycles. The summed E-state index contributed by atoms with van der Waals surface area (Å²) in [5.41, 5.74) is 1.23. The molecule has 0 spiro atoms. The van der Waals surface area contributed by atoms with Crippen LogP contribution in [0.4, 0.5) is 0 Å². The SMILES string of the molecule is CCCCCC(NC)c1cc(OC)cc(OC)c1. The summed E-state index contributed by atoms with van der Waals surface area (Å²) in [5, 5.41) is 3.37. The van der Waals surface area contributed by atoms with Gasteiger partial charge in [0.05, 0.1) is 14.2 Å². The summed E-state index contributed by atoms with van der Waals surface area (Å²) >= 11 is 0. The Kier molecular flexibility index (Phi) is 6.58. The van der Waals surface area contributed by atoms with Crippen LogP contribution in [0.3, 0.4) is 0 Å². The van der Waals surface area contributed by atoms with Crippen LogP contribution in [0.1, 0.15) is 44.2 Å². The third kappa shape index (κ3) is 4.22. The normalized spacial score (nSPS) is 12.2. The van der Waals surface area contributed by atoms with Gasteiger partial charge in [0.1, 0.15) is 11.5 Å². The molecule has 0 aliphatic rings. The third-order valence-corrected chi connectivity index (χ3v) is 3.22. The monoisotopic (exact) mass is 251 g/mol. The molecule has 0 aliphatic carbocycles. The smallest absolute Gasteiger partial charge is 0.122 e. The minimum atomic E-state index is 0.362. The Labute approximate surface area is 110 Å². The lowest BCUT2D eigenvalue weighted by molar-refractivity contribution is 0.391. The number of rotatable bonds is 8. The largest absolute Gasteiger partial charge is 0.497 e. The zero-order valence-electron chi connectivity index (χ0n) is 12.0. The molecule has 0 aliphatic heterocycles. The van der Waals surface area contributed by atoms with Gasteiger partial charge in [-0.2, -0.15) is 0 Å². The highest BCUT2D eigenvalue weighted by Gasteiger charge is 2.11. The van der Waals surface area contributed by atoms with Crippen molar-refractivity contribution in [3.63, 3.8) is 0 Å². The quantitative estimate of drug-likeness (QED) is 0.717. The van der Waals surface area contributed by atoms with Crippen molar-refractivity contribution < 1.29 is 9.47 Å². The lowest BCUT2D eigenvalue weighted by Crippen LogP contribution is -2.16. The van der Waals surface area contributed by atoms with E-state index in [1.54, 1.807) is 14.2 Å². The van der Waals surface area contributed by atoms with Gasteiger partial charge >= 0.3 is 0 Å². The van der Waals surface area contributed by atoms with E-state index in [-0.39, 0.29) is 0 Å². The van der Waals surface area contributed by atoms with Gasteiger partial charge in [0.15, 0.2) is 0 Å². The second-order valence-corrected chi connectivity index (χ2v) is 4.48. The van der Waals surface area contributed by atoms with Crippen LogP contribution in [-0.4, -0.2) is 21.3 Å². The molecular formula is C15H25NO2. The summed E-state index contributed by atoms with van der Waals surface area (Å²) in [6, 6.07) is 6.42. The second-order valence-electron chi connectivity index (χ2n) is 4.48. The van der Waals surface area contributed by atoms with E-state index in [1.807, 2.05) is 13.1 Å². The minimum Gasteiger partial charge on any atom is -0.497 e. The fraction of sp³-hybridized carbons (Fsp3) is 0.600. The first-order chi connectivity index (χ1) is 8.74. The average Bonchev–Trinajstić information content (AvgIpc) is 2.43. The molecule has 0 heterocycles. The van der Waals surface area contributed by atoms with Gasteiger partial charge in [-0.15, -0.1) is 0 Å². The van der Waals surface area contributed by atoms with Gasteiger partial charge in [-0.3, -0.25) is 0 Å². The van der Waals surface area contributed by atoms with Crippen LogP contribution in [0, 0.1) is 0 Å². The first-order valence-corrected chi connectivity index (χ1v) is 6.65. The van der Waals surface area contributed by atoms with Gasteiger partial charge < -0.3 is 14.8 Å². The summed E-state index contributed by atoms with van der Waals surface area (Å²) < 4.78 is 10.6. The molecular weight excluding hydrogens is 226 g/mol. The van der Waals surface area contributed by atoms with Crippen LogP contribution in [0.25, 0.3) is 0 Å². The Hall–Kier alpha value is -1.22. The van der Waals surface area contributed by atoms with E-state index in [4.69, 9.17) is 9.47 Å². The molecule has 18 heavy (non-hydrogen) atoms. The van der Waals surface area contributed by atoms with Crippen molar-refractivity contribution in [2.75, 3.05) is 21.3 Å². The molecule has 0 saturated carbocycles. The molecule has 1 aromatic carbocycles. The molecule has 102 valence electrons. The highest BCUT2D eigenvalue weighted by molar-refractivity contribution is 5.39. The molecule has 1 atom stereocenters. The third-order valence-electron chi connectivity index (χ3n) is 3.22. The molecule has 1 aromatic rings. The zero-order valence-corrected chi connectivity index (χ0v) is 12.0. The summed E-state index contributed by atoms with van der Waals surface area (Å²) in [5.74, 6) is 1.69. The lowest BCUT2D eigenvalue weighted by Gasteiger charge is -2.18. The predicted molar refractivity (Wildman–Crippen MR) is 75.5 cm³/mol. The molecule has 1 N–H and O–H groups in total. The van der Waals surface area contributed by atoms with E-state index in [1.165, 1.54) is 24.8 Å². The van der Waals surface area contributed by atoms with Crippen molar-refractivity contribution in [3.8, 4) is 11.5 Å². The Bertz CT molecular complexity index is 330. The van der Waals surface area contributed by atoms with E-state index in [0.29, 0.717) is 6.04 Å². The lowest BCUT2D eigenvalue weighted by atomic mass is 10.00. The van der Waals surface area contributed by atoms with Crippen LogP contribution in [0.5, 0.6) is 11.5 Å². The molecule has 0 amide bonds. The summed E-state index contributed by atoms with van der Waals surface area (Å²) in [6.07, 6.45) is 4.90. The number of benzene rings is 1. The molecule has 1 unspecified atom stereocenters. The Balaban J connectivity index is 2.83. The number of hydrogen-bond donors (Lipinski definition) is 1. The van der Waals surface area contributed by atoms with Crippen LogP contribution >= 0.6 is 0 Å². The van der Waals surface area contributed by atoms with Gasteiger partial charge in [0, 0.05) is 12.1 Å². The topological polar surface area (TPSA) is 30.5 Å². The van der Waals surface area contributed by atoms with Crippen LogP contribution < -0.4 is 14.8 Å². The van der Waals surface area contributed by atoms with Crippen molar-refractivity contribution >= 4 is 0 Å². The second kappa shape index (κ2) is 7.98. The first kappa shape index (κ1) is 14.8. The molecule has 1 rings (SSSR count). The van der Waals surface area contributed by atoms with Gasteiger partial charge in [-0.25, -0.2) is 0 Å². The van der Waals surface area contributed by atoms with Crippen LogP contribution in [-0.2, 0) is 0 Å².